The highest BCUT2D eigenvalue weighted by molar-refractivity contribution is 5.77. The number of rotatable bonds is 5. The zero-order valence-corrected chi connectivity index (χ0v) is 17.0. The molecule has 2 fully saturated rings. The minimum absolute atomic E-state index is 0.278. The zero-order chi connectivity index (χ0) is 19.6. The molecule has 2 aromatic heterocycles. The standard InChI is InChI=1S/C22H31N5O/c1-18(2)27-13-10-24-20(27)16-25-11-7-22(8-12-25)6-5-21(28)26(17-22)15-19-4-3-9-23-14-19/h3-4,9-10,13-14,18H,5-8,11-12,15-17H2,1-2H3. The molecule has 150 valence electrons. The first-order valence-electron chi connectivity index (χ1n) is 10.5. The molecule has 1 amide bonds. The molecule has 6 heteroatoms. The van der Waals surface area contributed by atoms with Gasteiger partial charge in [-0.3, -0.25) is 14.7 Å². The van der Waals surface area contributed by atoms with Crippen molar-refractivity contribution in [3.63, 3.8) is 0 Å². The van der Waals surface area contributed by atoms with E-state index in [1.807, 2.05) is 18.5 Å². The lowest BCUT2D eigenvalue weighted by molar-refractivity contribution is -0.140. The fraction of sp³-hybridized carbons (Fsp3) is 0.591. The highest BCUT2D eigenvalue weighted by Crippen LogP contribution is 2.40. The number of amides is 1. The van der Waals surface area contributed by atoms with Crippen molar-refractivity contribution < 1.29 is 4.79 Å². The Balaban J connectivity index is 1.36. The monoisotopic (exact) mass is 381 g/mol. The van der Waals surface area contributed by atoms with Crippen molar-refractivity contribution in [1.29, 1.82) is 0 Å². The lowest BCUT2D eigenvalue weighted by atomic mass is 9.72. The van der Waals surface area contributed by atoms with Crippen LogP contribution in [0.3, 0.4) is 0 Å². The van der Waals surface area contributed by atoms with E-state index in [0.717, 1.165) is 56.8 Å². The molecule has 2 aromatic rings. The molecular formula is C22H31N5O. The van der Waals surface area contributed by atoms with E-state index < -0.39 is 0 Å². The minimum Gasteiger partial charge on any atom is -0.338 e. The van der Waals surface area contributed by atoms with Gasteiger partial charge in [0.15, 0.2) is 0 Å². The van der Waals surface area contributed by atoms with Crippen LogP contribution in [0.25, 0.3) is 0 Å². The molecule has 0 aliphatic carbocycles. The van der Waals surface area contributed by atoms with Crippen molar-refractivity contribution in [3.05, 3.63) is 48.3 Å². The number of likely N-dealkylation sites (tertiary alicyclic amines) is 2. The van der Waals surface area contributed by atoms with Gasteiger partial charge in [-0.1, -0.05) is 6.07 Å². The smallest absolute Gasteiger partial charge is 0.222 e. The highest BCUT2D eigenvalue weighted by atomic mass is 16.2. The summed E-state index contributed by atoms with van der Waals surface area (Å²) in [6, 6.07) is 4.44. The van der Waals surface area contributed by atoms with Crippen molar-refractivity contribution in [2.75, 3.05) is 19.6 Å². The van der Waals surface area contributed by atoms with E-state index >= 15 is 0 Å². The van der Waals surface area contributed by atoms with E-state index in [0.29, 0.717) is 19.0 Å². The molecule has 2 aliphatic rings. The van der Waals surface area contributed by atoms with E-state index in [4.69, 9.17) is 0 Å². The largest absolute Gasteiger partial charge is 0.338 e. The molecule has 0 bridgehead atoms. The lowest BCUT2D eigenvalue weighted by Crippen LogP contribution is -2.51. The number of imidazole rings is 1. The van der Waals surface area contributed by atoms with Crippen molar-refractivity contribution >= 4 is 5.91 Å². The Bertz CT molecular complexity index is 792. The fourth-order valence-electron chi connectivity index (χ4n) is 4.69. The number of hydrogen-bond donors (Lipinski definition) is 0. The second kappa shape index (κ2) is 8.03. The minimum atomic E-state index is 0.278. The van der Waals surface area contributed by atoms with Crippen LogP contribution in [0.15, 0.2) is 36.9 Å². The molecule has 0 aromatic carbocycles. The SMILES string of the molecule is CC(C)n1ccnc1CN1CCC2(CCC(=O)N(Cc3cccnc3)C2)CC1. The van der Waals surface area contributed by atoms with Gasteiger partial charge in [-0.2, -0.15) is 0 Å². The van der Waals surface area contributed by atoms with Gasteiger partial charge in [0.05, 0.1) is 6.54 Å². The normalized spacial score (nSPS) is 20.2. The number of aromatic nitrogens is 3. The summed E-state index contributed by atoms with van der Waals surface area (Å²) in [5.41, 5.74) is 1.39. The molecule has 0 saturated carbocycles. The summed E-state index contributed by atoms with van der Waals surface area (Å²) < 4.78 is 2.26. The van der Waals surface area contributed by atoms with Crippen molar-refractivity contribution in [2.24, 2.45) is 5.41 Å². The van der Waals surface area contributed by atoms with E-state index in [1.165, 1.54) is 0 Å². The molecule has 1 spiro atoms. The van der Waals surface area contributed by atoms with Gasteiger partial charge in [-0.25, -0.2) is 4.98 Å². The maximum Gasteiger partial charge on any atom is 0.222 e. The van der Waals surface area contributed by atoms with Crippen LogP contribution in [0.4, 0.5) is 0 Å². The third-order valence-corrected chi connectivity index (χ3v) is 6.43. The number of carbonyl (C=O) groups is 1. The van der Waals surface area contributed by atoms with Gasteiger partial charge in [0.25, 0.3) is 0 Å². The molecule has 0 unspecified atom stereocenters. The van der Waals surface area contributed by atoms with Crippen LogP contribution in [0.5, 0.6) is 0 Å². The molecule has 6 nitrogen and oxygen atoms in total. The number of nitrogens with zero attached hydrogens (tertiary/aromatic N) is 5. The predicted octanol–water partition coefficient (Wildman–Crippen LogP) is 3.26. The average molecular weight is 382 g/mol. The topological polar surface area (TPSA) is 54.3 Å². The second-order valence-electron chi connectivity index (χ2n) is 8.73. The molecule has 4 heterocycles. The van der Waals surface area contributed by atoms with Crippen LogP contribution in [-0.2, 0) is 17.9 Å². The second-order valence-corrected chi connectivity index (χ2v) is 8.73. The summed E-state index contributed by atoms with van der Waals surface area (Å²) in [5, 5.41) is 0. The van der Waals surface area contributed by atoms with Crippen LogP contribution < -0.4 is 0 Å². The van der Waals surface area contributed by atoms with E-state index in [2.05, 4.69) is 50.4 Å². The van der Waals surface area contributed by atoms with Gasteiger partial charge < -0.3 is 9.47 Å². The van der Waals surface area contributed by atoms with Crippen LogP contribution in [-0.4, -0.2) is 49.9 Å². The summed E-state index contributed by atoms with van der Waals surface area (Å²) in [5.74, 6) is 1.44. The van der Waals surface area contributed by atoms with Gasteiger partial charge in [-0.05, 0) is 63.2 Å². The molecule has 0 atom stereocenters. The number of piperidine rings is 2. The molecule has 0 radical (unpaired) electrons. The van der Waals surface area contributed by atoms with Gasteiger partial charge in [-0.15, -0.1) is 0 Å². The van der Waals surface area contributed by atoms with Gasteiger partial charge >= 0.3 is 0 Å². The Morgan fingerprint density at radius 2 is 1.96 bits per heavy atom. The molecule has 28 heavy (non-hydrogen) atoms. The Hall–Kier alpha value is -2.21. The average Bonchev–Trinajstić information content (AvgIpc) is 3.16. The van der Waals surface area contributed by atoms with Crippen molar-refractivity contribution in [1.82, 2.24) is 24.3 Å². The first-order valence-corrected chi connectivity index (χ1v) is 10.5. The lowest BCUT2D eigenvalue weighted by Gasteiger charge is -2.47. The molecular weight excluding hydrogens is 350 g/mol. The molecule has 2 aliphatic heterocycles. The fourth-order valence-corrected chi connectivity index (χ4v) is 4.69. The maximum atomic E-state index is 12.5. The summed E-state index contributed by atoms with van der Waals surface area (Å²) in [6.45, 7) is 9.05. The Morgan fingerprint density at radius 3 is 2.68 bits per heavy atom. The molecule has 0 N–H and O–H groups in total. The van der Waals surface area contributed by atoms with Crippen LogP contribution in [0.1, 0.15) is 57.0 Å². The van der Waals surface area contributed by atoms with Crippen molar-refractivity contribution in [3.8, 4) is 0 Å². The third kappa shape index (κ3) is 4.12. The molecule has 4 rings (SSSR count). The quantitative estimate of drug-likeness (QED) is 0.798. The number of pyridine rings is 1. The van der Waals surface area contributed by atoms with Gasteiger partial charge in [0.2, 0.25) is 5.91 Å². The van der Waals surface area contributed by atoms with Gasteiger partial charge in [0.1, 0.15) is 5.82 Å². The van der Waals surface area contributed by atoms with E-state index in [9.17, 15) is 4.79 Å². The summed E-state index contributed by atoms with van der Waals surface area (Å²) in [4.78, 5) is 25.8. The Labute approximate surface area is 167 Å². The third-order valence-electron chi connectivity index (χ3n) is 6.43. The number of hydrogen-bond acceptors (Lipinski definition) is 4. The summed E-state index contributed by atoms with van der Waals surface area (Å²) >= 11 is 0. The van der Waals surface area contributed by atoms with Crippen LogP contribution in [0.2, 0.25) is 0 Å². The van der Waals surface area contributed by atoms with Crippen molar-refractivity contribution in [2.45, 2.75) is 58.7 Å². The van der Waals surface area contributed by atoms with E-state index in [1.54, 1.807) is 6.20 Å². The first kappa shape index (κ1) is 19.1. The Morgan fingerprint density at radius 1 is 1.14 bits per heavy atom. The predicted molar refractivity (Wildman–Crippen MR) is 108 cm³/mol. The number of carbonyl (C=O) groups excluding carboxylic acids is 1. The summed E-state index contributed by atoms with van der Waals surface area (Å²) in [7, 11) is 0. The van der Waals surface area contributed by atoms with E-state index in [-0.39, 0.29) is 11.3 Å². The first-order chi connectivity index (χ1) is 13.5. The van der Waals surface area contributed by atoms with Crippen LogP contribution in [0, 0.1) is 5.41 Å². The molecule has 2 saturated heterocycles. The Kier molecular flexibility index (Phi) is 5.49. The van der Waals surface area contributed by atoms with Crippen LogP contribution >= 0.6 is 0 Å². The zero-order valence-electron chi connectivity index (χ0n) is 17.0. The summed E-state index contributed by atoms with van der Waals surface area (Å²) in [6.07, 6.45) is 11.7. The highest BCUT2D eigenvalue weighted by Gasteiger charge is 2.41. The maximum absolute atomic E-state index is 12.5. The van der Waals surface area contributed by atoms with Gasteiger partial charge in [0, 0.05) is 50.3 Å².